The zero-order chi connectivity index (χ0) is 13.4. The van der Waals surface area contributed by atoms with Crippen molar-refractivity contribution >= 4 is 29.0 Å². The van der Waals surface area contributed by atoms with E-state index >= 15 is 0 Å². The van der Waals surface area contributed by atoms with Crippen LogP contribution in [0.25, 0.3) is 0 Å². The Balaban J connectivity index is 2.44. The van der Waals surface area contributed by atoms with Crippen molar-refractivity contribution < 1.29 is 14.6 Å². The molecular formula is C12H18N2O3S. The summed E-state index contributed by atoms with van der Waals surface area (Å²) in [5.74, 6) is 1.67. The molecule has 1 aromatic rings. The molecule has 0 atom stereocenters. The van der Waals surface area contributed by atoms with Gasteiger partial charge in [-0.3, -0.25) is 4.79 Å². The number of nitrogens with one attached hydrogen (secondary N) is 1. The summed E-state index contributed by atoms with van der Waals surface area (Å²) in [4.78, 5) is 11.6. The minimum Gasteiger partial charge on any atom is -0.497 e. The molecule has 0 aliphatic carbocycles. The van der Waals surface area contributed by atoms with Gasteiger partial charge >= 0.3 is 0 Å². The smallest absolute Gasteiger partial charge is 0.234 e. The maximum atomic E-state index is 11.6. The summed E-state index contributed by atoms with van der Waals surface area (Å²) in [7, 11) is 1.56. The number of methoxy groups -OCH3 is 1. The van der Waals surface area contributed by atoms with Gasteiger partial charge in [0.05, 0.1) is 24.2 Å². The van der Waals surface area contributed by atoms with Crippen LogP contribution in [0.15, 0.2) is 18.2 Å². The first-order valence-electron chi connectivity index (χ1n) is 5.59. The number of benzene rings is 1. The third kappa shape index (κ3) is 4.85. The monoisotopic (exact) mass is 270 g/mol. The highest BCUT2D eigenvalue weighted by atomic mass is 32.2. The first-order chi connectivity index (χ1) is 8.67. The predicted octanol–water partition coefficient (Wildman–Crippen LogP) is 1.33. The first kappa shape index (κ1) is 14.7. The zero-order valence-corrected chi connectivity index (χ0v) is 11.1. The van der Waals surface area contributed by atoms with Crippen LogP contribution in [0.4, 0.5) is 11.4 Å². The fourth-order valence-corrected chi connectivity index (χ4v) is 2.03. The number of hydrogen-bond acceptors (Lipinski definition) is 5. The second-order valence-corrected chi connectivity index (χ2v) is 4.74. The van der Waals surface area contributed by atoms with Crippen molar-refractivity contribution in [2.24, 2.45) is 0 Å². The van der Waals surface area contributed by atoms with Crippen molar-refractivity contribution in [1.82, 2.24) is 0 Å². The molecule has 0 bridgehead atoms. The predicted molar refractivity (Wildman–Crippen MR) is 75.1 cm³/mol. The molecule has 1 rings (SSSR count). The van der Waals surface area contributed by atoms with Crippen LogP contribution in [0.1, 0.15) is 6.42 Å². The number of aliphatic hydroxyl groups is 1. The summed E-state index contributed by atoms with van der Waals surface area (Å²) >= 11 is 1.48. The van der Waals surface area contributed by atoms with Crippen LogP contribution < -0.4 is 15.8 Å². The van der Waals surface area contributed by atoms with E-state index in [9.17, 15) is 4.79 Å². The fraction of sp³-hybridized carbons (Fsp3) is 0.417. The molecule has 0 aliphatic heterocycles. The lowest BCUT2D eigenvalue weighted by atomic mass is 10.2. The topological polar surface area (TPSA) is 84.6 Å². The van der Waals surface area contributed by atoms with Gasteiger partial charge < -0.3 is 20.9 Å². The van der Waals surface area contributed by atoms with E-state index in [-0.39, 0.29) is 12.5 Å². The van der Waals surface area contributed by atoms with E-state index in [1.807, 2.05) is 0 Å². The second kappa shape index (κ2) is 7.84. The quantitative estimate of drug-likeness (QED) is 0.514. The van der Waals surface area contributed by atoms with E-state index < -0.39 is 0 Å². The maximum Gasteiger partial charge on any atom is 0.234 e. The SMILES string of the molecule is COc1ccc(NC(=O)CSCCCO)c(N)c1. The lowest BCUT2D eigenvalue weighted by Gasteiger charge is -2.09. The van der Waals surface area contributed by atoms with Crippen molar-refractivity contribution in [3.63, 3.8) is 0 Å². The number of rotatable bonds is 7. The van der Waals surface area contributed by atoms with Crippen LogP contribution in [-0.2, 0) is 4.79 Å². The number of anilines is 2. The summed E-state index contributed by atoms with van der Waals surface area (Å²) in [5.41, 5.74) is 6.85. The molecule has 18 heavy (non-hydrogen) atoms. The van der Waals surface area contributed by atoms with E-state index in [2.05, 4.69) is 5.32 Å². The highest BCUT2D eigenvalue weighted by Gasteiger charge is 2.06. The number of nitrogen functional groups attached to an aromatic ring is 1. The van der Waals surface area contributed by atoms with E-state index in [1.165, 1.54) is 11.8 Å². The average Bonchev–Trinajstić information content (AvgIpc) is 2.37. The fourth-order valence-electron chi connectivity index (χ4n) is 1.30. The Bertz CT molecular complexity index is 399. The van der Waals surface area contributed by atoms with Crippen LogP contribution in [-0.4, -0.2) is 36.2 Å². The van der Waals surface area contributed by atoms with Crippen molar-refractivity contribution in [1.29, 1.82) is 0 Å². The average molecular weight is 270 g/mol. The highest BCUT2D eigenvalue weighted by Crippen LogP contribution is 2.24. The third-order valence-corrected chi connectivity index (χ3v) is 3.26. The maximum absolute atomic E-state index is 11.6. The van der Waals surface area contributed by atoms with E-state index in [0.717, 1.165) is 5.75 Å². The number of thioether (sulfide) groups is 1. The number of aliphatic hydroxyl groups excluding tert-OH is 1. The van der Waals surface area contributed by atoms with E-state index in [1.54, 1.807) is 25.3 Å². The molecule has 6 heteroatoms. The largest absolute Gasteiger partial charge is 0.497 e. The van der Waals surface area contributed by atoms with Crippen LogP contribution in [0.2, 0.25) is 0 Å². The number of amides is 1. The Morgan fingerprint density at radius 2 is 2.33 bits per heavy atom. The lowest BCUT2D eigenvalue weighted by Crippen LogP contribution is -2.15. The number of carbonyl (C=O) groups is 1. The van der Waals surface area contributed by atoms with Gasteiger partial charge in [-0.15, -0.1) is 0 Å². The van der Waals surface area contributed by atoms with Crippen LogP contribution in [0, 0.1) is 0 Å². The molecule has 0 aliphatic rings. The molecule has 0 radical (unpaired) electrons. The van der Waals surface area contributed by atoms with Crippen molar-refractivity contribution in [3.8, 4) is 5.75 Å². The summed E-state index contributed by atoms with van der Waals surface area (Å²) in [6.07, 6.45) is 0.697. The van der Waals surface area contributed by atoms with Crippen molar-refractivity contribution in [2.75, 3.05) is 36.3 Å². The Morgan fingerprint density at radius 3 is 2.94 bits per heavy atom. The number of hydrogen-bond donors (Lipinski definition) is 3. The van der Waals surface area contributed by atoms with Crippen LogP contribution in [0.3, 0.4) is 0 Å². The molecule has 0 fully saturated rings. The molecular weight excluding hydrogens is 252 g/mol. The second-order valence-electron chi connectivity index (χ2n) is 3.63. The van der Waals surface area contributed by atoms with E-state index in [0.29, 0.717) is 29.3 Å². The summed E-state index contributed by atoms with van der Waals surface area (Å²) in [6, 6.07) is 5.11. The number of carbonyl (C=O) groups excluding carboxylic acids is 1. The first-order valence-corrected chi connectivity index (χ1v) is 6.75. The number of ether oxygens (including phenoxy) is 1. The van der Waals surface area contributed by atoms with Gasteiger partial charge in [-0.05, 0) is 24.3 Å². The minimum atomic E-state index is -0.102. The van der Waals surface area contributed by atoms with Gasteiger partial charge in [0, 0.05) is 12.7 Å². The normalized spacial score (nSPS) is 10.1. The van der Waals surface area contributed by atoms with Gasteiger partial charge in [-0.2, -0.15) is 11.8 Å². The molecule has 5 nitrogen and oxygen atoms in total. The highest BCUT2D eigenvalue weighted by molar-refractivity contribution is 7.99. The van der Waals surface area contributed by atoms with Gasteiger partial charge in [-0.1, -0.05) is 0 Å². The van der Waals surface area contributed by atoms with Crippen LogP contribution in [0.5, 0.6) is 5.75 Å². The molecule has 1 aromatic carbocycles. The van der Waals surface area contributed by atoms with Gasteiger partial charge in [0.1, 0.15) is 5.75 Å². The van der Waals surface area contributed by atoms with Gasteiger partial charge in [-0.25, -0.2) is 0 Å². The Morgan fingerprint density at radius 1 is 1.56 bits per heavy atom. The minimum absolute atomic E-state index is 0.102. The Kier molecular flexibility index (Phi) is 6.38. The summed E-state index contributed by atoms with van der Waals surface area (Å²) < 4.78 is 5.03. The number of nitrogens with two attached hydrogens (primary N) is 1. The Labute approximate surface area is 111 Å². The van der Waals surface area contributed by atoms with E-state index in [4.69, 9.17) is 15.6 Å². The van der Waals surface area contributed by atoms with Gasteiger partial charge in [0.25, 0.3) is 0 Å². The summed E-state index contributed by atoms with van der Waals surface area (Å²) in [6.45, 7) is 0.153. The molecule has 0 heterocycles. The lowest BCUT2D eigenvalue weighted by molar-refractivity contribution is -0.113. The van der Waals surface area contributed by atoms with Gasteiger partial charge in [0.15, 0.2) is 0 Å². The third-order valence-electron chi connectivity index (χ3n) is 2.21. The van der Waals surface area contributed by atoms with Crippen LogP contribution >= 0.6 is 11.8 Å². The van der Waals surface area contributed by atoms with Gasteiger partial charge in [0.2, 0.25) is 5.91 Å². The zero-order valence-electron chi connectivity index (χ0n) is 10.3. The Hall–Kier alpha value is -1.40. The van der Waals surface area contributed by atoms with Crippen molar-refractivity contribution in [3.05, 3.63) is 18.2 Å². The standard InChI is InChI=1S/C12H18N2O3S/c1-17-9-3-4-11(10(13)7-9)14-12(16)8-18-6-2-5-15/h3-4,7,15H,2,5-6,8,13H2,1H3,(H,14,16). The van der Waals surface area contributed by atoms with Crippen molar-refractivity contribution in [2.45, 2.75) is 6.42 Å². The molecule has 0 unspecified atom stereocenters. The molecule has 100 valence electrons. The molecule has 4 N–H and O–H groups in total. The molecule has 0 aromatic heterocycles. The molecule has 1 amide bonds. The molecule has 0 spiro atoms. The summed E-state index contributed by atoms with van der Waals surface area (Å²) in [5, 5.41) is 11.3. The molecule has 0 saturated heterocycles. The molecule has 0 saturated carbocycles.